The summed E-state index contributed by atoms with van der Waals surface area (Å²) in [7, 11) is 4.90. The molecule has 1 aliphatic heterocycles. The molecule has 3 aromatic heterocycles. The second-order valence-electron chi connectivity index (χ2n) is 7.27. The maximum atomic E-state index is 11.0. The standard InChI is InChI=1S/C20H25N5O5S2/c1-24(12-32(26)27)11-13-8-15-18(31-13)20(25-4-6-30-7-5-25)23-19(22-15)14-10-21-17(29-3)9-16(14)28-2/h8-10H,4-7,11-12H2,1-3H3,(H,26,27)/p-1. The Labute approximate surface area is 192 Å². The molecule has 10 nitrogen and oxygen atoms in total. The lowest BCUT2D eigenvalue weighted by Crippen LogP contribution is -2.36. The van der Waals surface area contributed by atoms with Crippen LogP contribution in [0.15, 0.2) is 18.3 Å². The Balaban J connectivity index is 1.80. The first-order valence-electron chi connectivity index (χ1n) is 9.94. The van der Waals surface area contributed by atoms with E-state index in [4.69, 9.17) is 24.2 Å². The number of methoxy groups -OCH3 is 2. The number of nitrogens with zero attached hydrogens (tertiary/aromatic N) is 5. The molecular formula is C20H24N5O5S2-. The molecule has 4 rings (SSSR count). The molecule has 1 fully saturated rings. The van der Waals surface area contributed by atoms with E-state index < -0.39 is 11.1 Å². The van der Waals surface area contributed by atoms with Gasteiger partial charge in [-0.1, -0.05) is 0 Å². The number of hydrogen-bond acceptors (Lipinski definition) is 11. The fourth-order valence-electron chi connectivity index (χ4n) is 3.51. The van der Waals surface area contributed by atoms with Gasteiger partial charge in [-0.05, 0) is 24.2 Å². The van der Waals surface area contributed by atoms with Gasteiger partial charge < -0.3 is 23.7 Å². The number of hydrogen-bond donors (Lipinski definition) is 0. The Morgan fingerprint density at radius 1 is 1.25 bits per heavy atom. The first-order chi connectivity index (χ1) is 15.5. The highest BCUT2D eigenvalue weighted by atomic mass is 32.2. The number of rotatable bonds is 8. The normalized spacial score (nSPS) is 15.3. The molecule has 0 saturated carbocycles. The van der Waals surface area contributed by atoms with Crippen molar-refractivity contribution in [2.45, 2.75) is 6.54 Å². The SMILES string of the molecule is COc1cc(OC)c(-c2nc(N3CCOCC3)c3sc(CN(C)CS(=O)[O-])cc3n2)cn1. The molecular weight excluding hydrogens is 454 g/mol. The van der Waals surface area contributed by atoms with Gasteiger partial charge in [0.25, 0.3) is 0 Å². The van der Waals surface area contributed by atoms with Gasteiger partial charge in [0.15, 0.2) is 11.6 Å². The Morgan fingerprint density at radius 2 is 2.03 bits per heavy atom. The van der Waals surface area contributed by atoms with Crippen LogP contribution in [0.4, 0.5) is 5.82 Å². The van der Waals surface area contributed by atoms with Gasteiger partial charge in [-0.25, -0.2) is 15.0 Å². The minimum absolute atomic E-state index is 0.0315. The van der Waals surface area contributed by atoms with E-state index in [1.807, 2.05) is 6.07 Å². The van der Waals surface area contributed by atoms with Crippen LogP contribution in [0, 0.1) is 0 Å². The average molecular weight is 479 g/mol. The minimum atomic E-state index is -2.13. The predicted octanol–water partition coefficient (Wildman–Crippen LogP) is 1.88. The number of pyridine rings is 1. The number of thiophene rings is 1. The van der Waals surface area contributed by atoms with Gasteiger partial charge in [0.05, 0.1) is 49.1 Å². The highest BCUT2D eigenvalue weighted by molar-refractivity contribution is 7.79. The van der Waals surface area contributed by atoms with Gasteiger partial charge >= 0.3 is 0 Å². The molecule has 0 bridgehead atoms. The lowest BCUT2D eigenvalue weighted by molar-refractivity contribution is 0.122. The largest absolute Gasteiger partial charge is 0.771 e. The van der Waals surface area contributed by atoms with Crippen LogP contribution in [0.3, 0.4) is 0 Å². The van der Waals surface area contributed by atoms with Crippen molar-refractivity contribution >= 4 is 38.5 Å². The molecule has 12 heteroatoms. The van der Waals surface area contributed by atoms with Crippen LogP contribution in [0.5, 0.6) is 11.6 Å². The molecule has 1 saturated heterocycles. The highest BCUT2D eigenvalue weighted by Crippen LogP contribution is 2.37. The van der Waals surface area contributed by atoms with Crippen molar-refractivity contribution < 1.29 is 23.0 Å². The van der Waals surface area contributed by atoms with Crippen molar-refractivity contribution in [1.82, 2.24) is 19.9 Å². The number of anilines is 1. The summed E-state index contributed by atoms with van der Waals surface area (Å²) in [6.07, 6.45) is 1.65. The molecule has 0 radical (unpaired) electrons. The second kappa shape index (κ2) is 10.0. The summed E-state index contributed by atoms with van der Waals surface area (Å²) < 4.78 is 39.3. The van der Waals surface area contributed by atoms with Crippen molar-refractivity contribution in [1.29, 1.82) is 0 Å². The Kier molecular flexibility index (Phi) is 7.16. The zero-order valence-electron chi connectivity index (χ0n) is 18.1. The van der Waals surface area contributed by atoms with Crippen LogP contribution in [0.2, 0.25) is 0 Å². The molecule has 0 amide bonds. The van der Waals surface area contributed by atoms with Crippen molar-refractivity contribution in [3.05, 3.63) is 23.2 Å². The van der Waals surface area contributed by atoms with E-state index in [2.05, 4.69) is 9.88 Å². The maximum Gasteiger partial charge on any atom is 0.216 e. The van der Waals surface area contributed by atoms with Crippen LogP contribution >= 0.6 is 11.3 Å². The third kappa shape index (κ3) is 4.99. The molecule has 0 spiro atoms. The van der Waals surface area contributed by atoms with Gasteiger partial charge in [0.1, 0.15) is 5.75 Å². The van der Waals surface area contributed by atoms with Crippen molar-refractivity contribution in [3.8, 4) is 23.0 Å². The van der Waals surface area contributed by atoms with Crippen LogP contribution in [0.1, 0.15) is 4.88 Å². The molecule has 172 valence electrons. The lowest BCUT2D eigenvalue weighted by Gasteiger charge is -2.28. The fourth-order valence-corrected chi connectivity index (χ4v) is 5.16. The zero-order chi connectivity index (χ0) is 22.7. The Hall–Kier alpha value is -2.38. The molecule has 32 heavy (non-hydrogen) atoms. The third-order valence-corrected chi connectivity index (χ3v) is 6.73. The van der Waals surface area contributed by atoms with Crippen LogP contribution in [-0.2, 0) is 22.4 Å². The third-order valence-electron chi connectivity index (χ3n) is 4.98. The molecule has 0 N–H and O–H groups in total. The number of aromatic nitrogens is 3. The summed E-state index contributed by atoms with van der Waals surface area (Å²) in [5.74, 6) is 2.31. The number of fused-ring (bicyclic) bond motifs is 1. The van der Waals surface area contributed by atoms with Crippen LogP contribution in [0.25, 0.3) is 21.6 Å². The average Bonchev–Trinajstić information content (AvgIpc) is 3.19. The number of ether oxygens (including phenoxy) is 3. The van der Waals surface area contributed by atoms with Crippen molar-refractivity contribution in [2.75, 3.05) is 58.3 Å². The molecule has 0 aromatic carbocycles. The second-order valence-corrected chi connectivity index (χ2v) is 9.27. The Morgan fingerprint density at radius 3 is 2.72 bits per heavy atom. The van der Waals surface area contributed by atoms with Gasteiger partial charge in [0, 0.05) is 36.8 Å². The molecule has 1 unspecified atom stereocenters. The molecule has 1 aliphatic rings. The zero-order valence-corrected chi connectivity index (χ0v) is 19.7. The fraction of sp³-hybridized carbons (Fsp3) is 0.450. The van der Waals surface area contributed by atoms with Gasteiger partial charge in [-0.2, -0.15) is 0 Å². The van der Waals surface area contributed by atoms with Crippen LogP contribution < -0.4 is 14.4 Å². The topological polar surface area (TPSA) is 113 Å². The quantitative estimate of drug-likeness (QED) is 0.445. The van der Waals surface area contributed by atoms with E-state index in [9.17, 15) is 8.76 Å². The molecule has 1 atom stereocenters. The van der Waals surface area contributed by atoms with Crippen molar-refractivity contribution in [3.63, 3.8) is 0 Å². The van der Waals surface area contributed by atoms with E-state index in [1.165, 1.54) is 0 Å². The first-order valence-corrected chi connectivity index (χ1v) is 12.0. The first kappa shape index (κ1) is 22.8. The lowest BCUT2D eigenvalue weighted by atomic mass is 10.2. The Bertz CT molecular complexity index is 1120. The summed E-state index contributed by atoms with van der Waals surface area (Å²) in [4.78, 5) is 18.9. The van der Waals surface area contributed by atoms with E-state index in [0.29, 0.717) is 42.8 Å². The van der Waals surface area contributed by atoms with Crippen molar-refractivity contribution in [2.24, 2.45) is 0 Å². The van der Waals surface area contributed by atoms with E-state index >= 15 is 0 Å². The van der Waals surface area contributed by atoms with Gasteiger partial charge in [0.2, 0.25) is 5.88 Å². The molecule has 3 aromatic rings. The van der Waals surface area contributed by atoms with E-state index in [0.717, 1.165) is 34.0 Å². The highest BCUT2D eigenvalue weighted by Gasteiger charge is 2.22. The van der Waals surface area contributed by atoms with E-state index in [-0.39, 0.29) is 5.88 Å². The summed E-state index contributed by atoms with van der Waals surface area (Å²) >= 11 is -0.555. The maximum absolute atomic E-state index is 11.0. The summed E-state index contributed by atoms with van der Waals surface area (Å²) in [6, 6.07) is 3.69. The van der Waals surface area contributed by atoms with E-state index in [1.54, 1.807) is 49.8 Å². The summed E-state index contributed by atoms with van der Waals surface area (Å²) in [5, 5.41) is 0. The predicted molar refractivity (Wildman–Crippen MR) is 122 cm³/mol. The smallest absolute Gasteiger partial charge is 0.216 e. The molecule has 0 aliphatic carbocycles. The summed E-state index contributed by atoms with van der Waals surface area (Å²) in [6.45, 7) is 3.22. The van der Waals surface area contributed by atoms with Crippen LogP contribution in [-0.4, -0.2) is 82.1 Å². The number of morpholine rings is 1. The summed E-state index contributed by atoms with van der Waals surface area (Å²) in [5.41, 5.74) is 1.46. The van der Waals surface area contributed by atoms with Gasteiger partial charge in [-0.3, -0.25) is 9.11 Å². The molecule has 4 heterocycles. The van der Waals surface area contributed by atoms with Gasteiger partial charge in [-0.15, -0.1) is 11.3 Å². The minimum Gasteiger partial charge on any atom is -0.771 e. The monoisotopic (exact) mass is 478 g/mol.